The Morgan fingerprint density at radius 2 is 1.88 bits per heavy atom. The summed E-state index contributed by atoms with van der Waals surface area (Å²) in [5.41, 5.74) is 5.19. The second-order valence-electron chi connectivity index (χ2n) is 11.1. The lowest BCUT2D eigenvalue weighted by Gasteiger charge is -2.32. The van der Waals surface area contributed by atoms with E-state index in [4.69, 9.17) is 9.47 Å². The Morgan fingerprint density at radius 1 is 1.10 bits per heavy atom. The lowest BCUT2D eigenvalue weighted by molar-refractivity contribution is -0.0712. The highest BCUT2D eigenvalue weighted by molar-refractivity contribution is 5.70. The fourth-order valence-electron chi connectivity index (χ4n) is 6.26. The number of nitrogens with zero attached hydrogens (tertiary/aromatic N) is 5. The van der Waals surface area contributed by atoms with E-state index in [0.29, 0.717) is 31.0 Å². The van der Waals surface area contributed by atoms with Gasteiger partial charge in [-0.05, 0) is 54.9 Å². The minimum atomic E-state index is -0.574. The number of hydrogen-bond donors (Lipinski definition) is 1. The van der Waals surface area contributed by atoms with Crippen LogP contribution < -0.4 is 5.56 Å². The summed E-state index contributed by atoms with van der Waals surface area (Å²) in [6.07, 6.45) is 6.01. The first-order valence-corrected chi connectivity index (χ1v) is 14.5. The van der Waals surface area contributed by atoms with Crippen molar-refractivity contribution in [2.75, 3.05) is 13.2 Å². The van der Waals surface area contributed by atoms with Crippen LogP contribution in [0.15, 0.2) is 59.7 Å². The van der Waals surface area contributed by atoms with Gasteiger partial charge >= 0.3 is 0 Å². The number of rotatable bonds is 8. The quantitative estimate of drug-likeness (QED) is 0.347. The van der Waals surface area contributed by atoms with E-state index < -0.39 is 6.10 Å². The molecule has 2 fully saturated rings. The molecular weight excluding hydrogens is 518 g/mol. The Morgan fingerprint density at radius 3 is 2.59 bits per heavy atom. The summed E-state index contributed by atoms with van der Waals surface area (Å²) in [5.74, 6) is 0.592. The Hall–Kier alpha value is -3.84. The van der Waals surface area contributed by atoms with E-state index in [2.05, 4.69) is 23.1 Å². The number of aryl methyl sites for hydroxylation is 1. The zero-order chi connectivity index (χ0) is 28.3. The molecule has 0 bridgehead atoms. The molecule has 0 spiro atoms. The molecule has 0 amide bonds. The Balaban J connectivity index is 1.29. The van der Waals surface area contributed by atoms with E-state index in [0.717, 1.165) is 66.5 Å². The first-order valence-electron chi connectivity index (χ1n) is 14.5. The van der Waals surface area contributed by atoms with E-state index in [-0.39, 0.29) is 23.8 Å². The van der Waals surface area contributed by atoms with Gasteiger partial charge in [-0.1, -0.05) is 55.8 Å². The van der Waals surface area contributed by atoms with E-state index in [1.54, 1.807) is 0 Å². The number of fused-ring (bicyclic) bond motifs is 1. The molecule has 2 aromatic carbocycles. The Labute approximate surface area is 239 Å². The molecule has 0 radical (unpaired) electrons. The summed E-state index contributed by atoms with van der Waals surface area (Å²) in [6, 6.07) is 18.0. The number of aromatic nitrogens is 4. The van der Waals surface area contributed by atoms with Gasteiger partial charge in [0.1, 0.15) is 18.5 Å². The van der Waals surface area contributed by atoms with E-state index in [1.807, 2.05) is 57.6 Å². The van der Waals surface area contributed by atoms with Crippen LogP contribution >= 0.6 is 0 Å². The zero-order valence-corrected chi connectivity index (χ0v) is 23.3. The molecule has 1 aliphatic carbocycles. The number of nitriles is 1. The van der Waals surface area contributed by atoms with Crippen LogP contribution in [0.25, 0.3) is 16.9 Å². The van der Waals surface area contributed by atoms with Gasteiger partial charge < -0.3 is 14.6 Å². The summed E-state index contributed by atoms with van der Waals surface area (Å²) in [6.45, 7) is 2.85. The molecule has 2 aromatic heterocycles. The van der Waals surface area contributed by atoms with Crippen LogP contribution in [0.3, 0.4) is 0 Å². The van der Waals surface area contributed by atoms with Crippen LogP contribution in [0.4, 0.5) is 0 Å². The van der Waals surface area contributed by atoms with Gasteiger partial charge in [-0.15, -0.1) is 0 Å². The highest BCUT2D eigenvalue weighted by Crippen LogP contribution is 2.32. The average molecular weight is 554 g/mol. The Kier molecular flexibility index (Phi) is 7.97. The summed E-state index contributed by atoms with van der Waals surface area (Å²) in [5, 5.41) is 24.1. The second-order valence-corrected chi connectivity index (χ2v) is 11.1. The van der Waals surface area contributed by atoms with Gasteiger partial charge in [-0.25, -0.2) is 4.52 Å². The summed E-state index contributed by atoms with van der Waals surface area (Å²) >= 11 is 0. The Bertz CT molecular complexity index is 1610. The fraction of sp³-hybridized carbons (Fsp3) is 0.438. The van der Waals surface area contributed by atoms with Crippen molar-refractivity contribution in [3.05, 3.63) is 87.6 Å². The molecule has 1 saturated heterocycles. The summed E-state index contributed by atoms with van der Waals surface area (Å²) in [4.78, 5) is 18.7. The molecule has 2 aliphatic rings. The van der Waals surface area contributed by atoms with Crippen molar-refractivity contribution >= 4 is 5.78 Å². The maximum atomic E-state index is 14.2. The summed E-state index contributed by atoms with van der Waals surface area (Å²) < 4.78 is 15.2. The standard InChI is InChI=1S/C32H35N5O4/c1-2-5-28-27(16-21-8-10-22(11-9-21)26-7-4-3-6-23(26)17-33)31(39)36(32-34-20-35-37(28)32)24-12-14-25(15-13-24)41-30-19-40-18-29(30)38/h3-4,6-11,20,24-25,29-30,38H,2,5,12-16,18-19H2,1H3/t24-,25-,29-,30+/m0/s1. The zero-order valence-electron chi connectivity index (χ0n) is 23.3. The van der Waals surface area contributed by atoms with Crippen molar-refractivity contribution in [1.29, 1.82) is 5.26 Å². The first kappa shape index (κ1) is 27.3. The minimum Gasteiger partial charge on any atom is -0.388 e. The molecule has 2 atom stereocenters. The maximum absolute atomic E-state index is 14.2. The van der Waals surface area contributed by atoms with Crippen LogP contribution in [-0.4, -0.2) is 55.8 Å². The first-order chi connectivity index (χ1) is 20.1. The maximum Gasteiger partial charge on any atom is 0.259 e. The number of aliphatic hydroxyl groups excluding tert-OH is 1. The van der Waals surface area contributed by atoms with Crippen LogP contribution in [0.1, 0.15) is 67.5 Å². The molecule has 9 heteroatoms. The highest BCUT2D eigenvalue weighted by atomic mass is 16.6. The van der Waals surface area contributed by atoms with Gasteiger partial charge in [0.25, 0.3) is 5.56 Å². The van der Waals surface area contributed by atoms with Crippen molar-refractivity contribution in [1.82, 2.24) is 19.2 Å². The van der Waals surface area contributed by atoms with Crippen molar-refractivity contribution in [3.63, 3.8) is 0 Å². The SMILES string of the molecule is CCCc1c(Cc2ccc(-c3ccccc3C#N)cc2)c(=O)n([C@H]2CC[C@H](O[C@@H]3COC[C@@H]3O)CC2)c2ncnn12. The lowest BCUT2D eigenvalue weighted by Crippen LogP contribution is -2.37. The van der Waals surface area contributed by atoms with Crippen LogP contribution in [0.2, 0.25) is 0 Å². The average Bonchev–Trinajstić information content (AvgIpc) is 3.65. The fourth-order valence-corrected chi connectivity index (χ4v) is 6.26. The van der Waals surface area contributed by atoms with Crippen molar-refractivity contribution < 1.29 is 14.6 Å². The van der Waals surface area contributed by atoms with Gasteiger partial charge in [0, 0.05) is 18.0 Å². The number of ether oxygens (including phenoxy) is 2. The largest absolute Gasteiger partial charge is 0.388 e. The van der Waals surface area contributed by atoms with E-state index >= 15 is 0 Å². The number of aliphatic hydroxyl groups is 1. The van der Waals surface area contributed by atoms with Crippen LogP contribution in [0.5, 0.6) is 0 Å². The van der Waals surface area contributed by atoms with Crippen LogP contribution in [0, 0.1) is 11.3 Å². The molecule has 4 aromatic rings. The minimum absolute atomic E-state index is 0.00177. The molecule has 1 N–H and O–H groups in total. The monoisotopic (exact) mass is 553 g/mol. The van der Waals surface area contributed by atoms with Crippen LogP contribution in [-0.2, 0) is 22.3 Å². The van der Waals surface area contributed by atoms with Crippen molar-refractivity contribution in [2.24, 2.45) is 0 Å². The molecule has 1 aliphatic heterocycles. The smallest absolute Gasteiger partial charge is 0.259 e. The van der Waals surface area contributed by atoms with Gasteiger partial charge in [0.15, 0.2) is 0 Å². The van der Waals surface area contributed by atoms with Gasteiger partial charge in [0.05, 0.1) is 36.6 Å². The highest BCUT2D eigenvalue weighted by Gasteiger charge is 2.33. The van der Waals surface area contributed by atoms with Gasteiger partial charge in [-0.3, -0.25) is 9.36 Å². The topological polar surface area (TPSA) is 115 Å². The van der Waals surface area contributed by atoms with Gasteiger partial charge in [0.2, 0.25) is 5.78 Å². The second kappa shape index (κ2) is 12.0. The molecular formula is C32H35N5O4. The number of hydrogen-bond acceptors (Lipinski definition) is 7. The third-order valence-electron chi connectivity index (χ3n) is 8.38. The van der Waals surface area contributed by atoms with E-state index in [9.17, 15) is 15.2 Å². The molecule has 212 valence electrons. The lowest BCUT2D eigenvalue weighted by atomic mass is 9.92. The van der Waals surface area contributed by atoms with E-state index in [1.165, 1.54) is 6.33 Å². The molecule has 41 heavy (non-hydrogen) atoms. The third-order valence-corrected chi connectivity index (χ3v) is 8.38. The molecule has 0 unspecified atom stereocenters. The molecule has 1 saturated carbocycles. The predicted octanol–water partition coefficient (Wildman–Crippen LogP) is 4.23. The third kappa shape index (κ3) is 5.43. The molecule has 3 heterocycles. The number of benzene rings is 2. The summed E-state index contributed by atoms with van der Waals surface area (Å²) in [7, 11) is 0. The normalized spacial score (nSPS) is 22.7. The van der Waals surface area contributed by atoms with Crippen molar-refractivity contribution in [3.8, 4) is 17.2 Å². The van der Waals surface area contributed by atoms with Gasteiger partial charge in [-0.2, -0.15) is 15.3 Å². The predicted molar refractivity (Wildman–Crippen MR) is 154 cm³/mol. The van der Waals surface area contributed by atoms with Crippen molar-refractivity contribution in [2.45, 2.75) is 76.2 Å². The molecule has 9 nitrogen and oxygen atoms in total. The molecule has 6 rings (SSSR count).